The highest BCUT2D eigenvalue weighted by atomic mass is 32.2. The fraction of sp³-hybridized carbons (Fsp3) is 0.545. The van der Waals surface area contributed by atoms with Crippen molar-refractivity contribution >= 4 is 22.9 Å². The minimum atomic E-state index is -1.41. The third kappa shape index (κ3) is 2.61. The Kier molecular flexibility index (Phi) is 4.06. The summed E-state index contributed by atoms with van der Waals surface area (Å²) in [6.45, 7) is -0.467. The van der Waals surface area contributed by atoms with E-state index in [-0.39, 0.29) is 0 Å². The molecule has 1 aliphatic rings. The number of rotatable bonds is 3. The second-order valence-electron chi connectivity index (χ2n) is 4.60. The maximum Gasteiger partial charge on any atom is 0.181 e. The number of hydrogen-bond acceptors (Lipinski definition) is 9. The lowest BCUT2D eigenvalue weighted by Gasteiger charge is -2.39. The molecule has 3 rings (SSSR count). The zero-order chi connectivity index (χ0) is 15.0. The van der Waals surface area contributed by atoms with Gasteiger partial charge in [0.2, 0.25) is 0 Å². The highest BCUT2D eigenvalue weighted by Crippen LogP contribution is 2.34. The number of aromatic amines is 1. The number of H-pyrrole nitrogens is 1. The Morgan fingerprint density at radius 3 is 2.71 bits per heavy atom. The minimum absolute atomic E-state index is 0.467. The zero-order valence-electron chi connectivity index (χ0n) is 10.7. The van der Waals surface area contributed by atoms with Gasteiger partial charge in [0.1, 0.15) is 46.7 Å². The average molecular weight is 314 g/mol. The lowest BCUT2D eigenvalue weighted by Crippen LogP contribution is -2.57. The Morgan fingerprint density at radius 2 is 1.95 bits per heavy atom. The summed E-state index contributed by atoms with van der Waals surface area (Å²) in [5.41, 5.74) is 0.165. The van der Waals surface area contributed by atoms with Gasteiger partial charge in [0, 0.05) is 0 Å². The molecule has 1 aliphatic heterocycles. The molecule has 10 heteroatoms. The van der Waals surface area contributed by atoms with Crippen LogP contribution in [-0.4, -0.2) is 76.8 Å². The monoisotopic (exact) mass is 314 g/mol. The van der Waals surface area contributed by atoms with Crippen molar-refractivity contribution in [1.29, 1.82) is 0 Å². The van der Waals surface area contributed by atoms with Crippen LogP contribution in [0, 0.1) is 0 Å². The van der Waals surface area contributed by atoms with Crippen LogP contribution < -0.4 is 0 Å². The Balaban J connectivity index is 1.85. The van der Waals surface area contributed by atoms with Crippen LogP contribution in [0.3, 0.4) is 0 Å². The van der Waals surface area contributed by atoms with Crippen molar-refractivity contribution in [2.45, 2.75) is 34.9 Å². The third-order valence-electron chi connectivity index (χ3n) is 3.26. The number of nitrogens with one attached hydrogen (secondary N) is 1. The van der Waals surface area contributed by atoms with Crippen LogP contribution in [0.2, 0.25) is 0 Å². The van der Waals surface area contributed by atoms with Crippen molar-refractivity contribution < 1.29 is 25.2 Å². The van der Waals surface area contributed by atoms with Crippen molar-refractivity contribution in [3.63, 3.8) is 0 Å². The summed E-state index contributed by atoms with van der Waals surface area (Å²) in [5.74, 6) is 0. The number of hydrogen-bond donors (Lipinski definition) is 5. The molecule has 0 aromatic carbocycles. The Morgan fingerprint density at radius 1 is 1.14 bits per heavy atom. The Labute approximate surface area is 123 Å². The van der Waals surface area contributed by atoms with Crippen LogP contribution in [0.4, 0.5) is 0 Å². The van der Waals surface area contributed by atoms with E-state index in [1.165, 1.54) is 12.7 Å². The molecule has 0 spiro atoms. The summed E-state index contributed by atoms with van der Waals surface area (Å²) in [5, 5.41) is 39.1. The van der Waals surface area contributed by atoms with Gasteiger partial charge < -0.3 is 30.1 Å². The molecule has 2 aromatic heterocycles. The first-order chi connectivity index (χ1) is 10.1. The molecule has 1 fully saturated rings. The number of imidazole rings is 1. The molecule has 0 bridgehead atoms. The zero-order valence-corrected chi connectivity index (χ0v) is 11.5. The van der Waals surface area contributed by atoms with Gasteiger partial charge in [0.05, 0.1) is 12.9 Å². The lowest BCUT2D eigenvalue weighted by atomic mass is 10.0. The molecule has 2 aromatic rings. The second-order valence-corrected chi connectivity index (χ2v) is 5.68. The molecule has 21 heavy (non-hydrogen) atoms. The lowest BCUT2D eigenvalue weighted by molar-refractivity contribution is -0.205. The molecule has 114 valence electrons. The summed E-state index contributed by atoms with van der Waals surface area (Å²) in [6, 6.07) is 0. The highest BCUT2D eigenvalue weighted by Gasteiger charge is 2.44. The quantitative estimate of drug-likeness (QED) is 0.416. The van der Waals surface area contributed by atoms with Crippen molar-refractivity contribution in [3.8, 4) is 0 Å². The van der Waals surface area contributed by atoms with E-state index in [9.17, 15) is 15.3 Å². The molecular formula is C11H14N4O5S. The number of aromatic nitrogens is 4. The van der Waals surface area contributed by atoms with Gasteiger partial charge in [-0.15, -0.1) is 0 Å². The highest BCUT2D eigenvalue weighted by molar-refractivity contribution is 8.00. The van der Waals surface area contributed by atoms with Crippen molar-refractivity contribution in [2.24, 2.45) is 0 Å². The molecule has 1 saturated heterocycles. The molecule has 3 heterocycles. The topological polar surface area (TPSA) is 145 Å². The van der Waals surface area contributed by atoms with E-state index in [1.54, 1.807) is 0 Å². The van der Waals surface area contributed by atoms with Gasteiger partial charge in [-0.25, -0.2) is 15.0 Å². The maximum atomic E-state index is 10.00. The third-order valence-corrected chi connectivity index (χ3v) is 4.42. The van der Waals surface area contributed by atoms with E-state index >= 15 is 0 Å². The number of aliphatic hydroxyl groups is 4. The first-order valence-electron chi connectivity index (χ1n) is 6.23. The Bertz CT molecular complexity index is 623. The minimum Gasteiger partial charge on any atom is -0.394 e. The average Bonchev–Trinajstić information content (AvgIpc) is 2.97. The van der Waals surface area contributed by atoms with Crippen LogP contribution in [0.25, 0.3) is 11.2 Å². The van der Waals surface area contributed by atoms with E-state index in [1.807, 2.05) is 0 Å². The predicted molar refractivity (Wildman–Crippen MR) is 71.3 cm³/mol. The van der Waals surface area contributed by atoms with Crippen LogP contribution in [0.15, 0.2) is 17.7 Å². The summed E-state index contributed by atoms with van der Waals surface area (Å²) < 4.78 is 5.42. The van der Waals surface area contributed by atoms with Crippen LogP contribution >= 0.6 is 11.8 Å². The summed E-state index contributed by atoms with van der Waals surface area (Å²) in [7, 11) is 0. The number of nitrogens with zero attached hydrogens (tertiary/aromatic N) is 3. The molecule has 0 aliphatic carbocycles. The number of thioether (sulfide) groups is 1. The van der Waals surface area contributed by atoms with Gasteiger partial charge >= 0.3 is 0 Å². The molecule has 0 saturated carbocycles. The number of aliphatic hydroxyl groups excluding tert-OH is 4. The van der Waals surface area contributed by atoms with E-state index in [0.29, 0.717) is 16.2 Å². The van der Waals surface area contributed by atoms with E-state index in [0.717, 1.165) is 11.8 Å². The molecular weight excluding hydrogens is 300 g/mol. The van der Waals surface area contributed by atoms with Gasteiger partial charge in [-0.05, 0) is 0 Å². The molecule has 0 amide bonds. The van der Waals surface area contributed by atoms with Crippen molar-refractivity contribution in [1.82, 2.24) is 19.9 Å². The molecule has 5 atom stereocenters. The molecule has 0 radical (unpaired) electrons. The Hall–Kier alpha value is -1.30. The first kappa shape index (κ1) is 14.6. The smallest absolute Gasteiger partial charge is 0.181 e. The fourth-order valence-corrected chi connectivity index (χ4v) is 3.20. The number of ether oxygens (including phenoxy) is 1. The van der Waals surface area contributed by atoms with Crippen LogP contribution in [0.5, 0.6) is 0 Å². The molecule has 5 N–H and O–H groups in total. The number of fused-ring (bicyclic) bond motifs is 1. The van der Waals surface area contributed by atoms with E-state index in [2.05, 4.69) is 19.9 Å². The van der Waals surface area contributed by atoms with Crippen molar-refractivity contribution in [2.75, 3.05) is 6.61 Å². The largest absolute Gasteiger partial charge is 0.394 e. The SMILES string of the molecule is OC[C@H]1O[C@@H](Sc2ncnc3nc[nH]c23)[C@H](O)[C@@H](O)[C@@H]1O. The van der Waals surface area contributed by atoms with Gasteiger partial charge in [-0.3, -0.25) is 0 Å². The van der Waals surface area contributed by atoms with Crippen LogP contribution in [0.1, 0.15) is 0 Å². The van der Waals surface area contributed by atoms with Crippen molar-refractivity contribution in [3.05, 3.63) is 12.7 Å². The van der Waals surface area contributed by atoms with Gasteiger partial charge in [-0.2, -0.15) is 0 Å². The van der Waals surface area contributed by atoms with Gasteiger partial charge in [0.25, 0.3) is 0 Å². The maximum absolute atomic E-state index is 10.00. The first-order valence-corrected chi connectivity index (χ1v) is 7.11. The van der Waals surface area contributed by atoms with Crippen LogP contribution in [-0.2, 0) is 4.74 Å². The summed E-state index contributed by atoms with van der Waals surface area (Å²) in [6.07, 6.45) is -2.25. The molecule has 9 nitrogen and oxygen atoms in total. The van der Waals surface area contributed by atoms with Gasteiger partial charge in [-0.1, -0.05) is 11.8 Å². The predicted octanol–water partition coefficient (Wildman–Crippen LogP) is -1.76. The van der Waals surface area contributed by atoms with E-state index < -0.39 is 36.5 Å². The summed E-state index contributed by atoms with van der Waals surface area (Å²) >= 11 is 1.05. The second kappa shape index (κ2) is 5.83. The van der Waals surface area contributed by atoms with E-state index in [4.69, 9.17) is 9.84 Å². The molecule has 0 unspecified atom stereocenters. The summed E-state index contributed by atoms with van der Waals surface area (Å²) in [4.78, 5) is 14.9. The normalized spacial score (nSPS) is 33.4. The fourth-order valence-electron chi connectivity index (χ4n) is 2.11. The van der Waals surface area contributed by atoms with Gasteiger partial charge in [0.15, 0.2) is 5.65 Å². The standard InChI is InChI=1S/C11H14N4O5S/c16-1-4-6(17)7(18)8(19)11(20-4)21-10-5-9(13-2-12-5)14-3-15-10/h2-4,6-8,11,16-19H,1H2,(H,12,13,14,15)/t4-,6-,7+,8-,11+/m1/s1.